The summed E-state index contributed by atoms with van der Waals surface area (Å²) in [5.74, 6) is -1.64. The molecule has 5 heteroatoms. The summed E-state index contributed by atoms with van der Waals surface area (Å²) in [5, 5.41) is 12.3. The first kappa shape index (κ1) is 14.8. The number of carboxylic acids is 1. The number of hydrogen-bond acceptors (Lipinski definition) is 3. The van der Waals surface area contributed by atoms with Gasteiger partial charge in [0, 0.05) is 17.8 Å². The van der Waals surface area contributed by atoms with Crippen LogP contribution < -0.4 is 5.32 Å². The van der Waals surface area contributed by atoms with Crippen LogP contribution in [0.1, 0.15) is 36.0 Å². The lowest BCUT2D eigenvalue weighted by Crippen LogP contribution is -2.47. The molecule has 0 bridgehead atoms. The van der Waals surface area contributed by atoms with E-state index in [1.807, 2.05) is 0 Å². The van der Waals surface area contributed by atoms with Crippen molar-refractivity contribution in [3.05, 3.63) is 29.6 Å². The number of benzene rings is 1. The molecule has 0 spiro atoms. The Hall–Kier alpha value is -1.62. The van der Waals surface area contributed by atoms with E-state index in [2.05, 4.69) is 24.3 Å². The zero-order valence-electron chi connectivity index (χ0n) is 11.9. The van der Waals surface area contributed by atoms with Crippen molar-refractivity contribution >= 4 is 11.7 Å². The van der Waals surface area contributed by atoms with Gasteiger partial charge in [-0.1, -0.05) is 12.8 Å². The van der Waals surface area contributed by atoms with E-state index in [0.29, 0.717) is 12.2 Å². The second kappa shape index (κ2) is 5.79. The summed E-state index contributed by atoms with van der Waals surface area (Å²) < 4.78 is 13.2. The maximum Gasteiger partial charge on any atom is 0.337 e. The lowest BCUT2D eigenvalue weighted by atomic mass is 9.95. The Kier molecular flexibility index (Phi) is 4.28. The molecular weight excluding hydrogens is 259 g/mol. The van der Waals surface area contributed by atoms with Gasteiger partial charge in [-0.2, -0.15) is 0 Å². The van der Waals surface area contributed by atoms with E-state index in [4.69, 9.17) is 5.11 Å². The largest absolute Gasteiger partial charge is 0.478 e. The van der Waals surface area contributed by atoms with Crippen molar-refractivity contribution in [1.82, 2.24) is 4.90 Å². The van der Waals surface area contributed by atoms with Crippen LogP contribution in [0, 0.1) is 5.82 Å². The van der Waals surface area contributed by atoms with Gasteiger partial charge in [0.2, 0.25) is 0 Å². The summed E-state index contributed by atoms with van der Waals surface area (Å²) >= 11 is 0. The van der Waals surface area contributed by atoms with Crippen molar-refractivity contribution in [3.63, 3.8) is 0 Å². The first-order valence-corrected chi connectivity index (χ1v) is 6.89. The van der Waals surface area contributed by atoms with E-state index in [9.17, 15) is 9.18 Å². The first-order chi connectivity index (χ1) is 9.44. The van der Waals surface area contributed by atoms with Crippen LogP contribution in [0.2, 0.25) is 0 Å². The molecule has 20 heavy (non-hydrogen) atoms. The zero-order valence-corrected chi connectivity index (χ0v) is 11.9. The molecule has 0 heterocycles. The van der Waals surface area contributed by atoms with Crippen molar-refractivity contribution in [2.24, 2.45) is 0 Å². The summed E-state index contributed by atoms with van der Waals surface area (Å²) in [6.45, 7) is 0.673. The highest BCUT2D eigenvalue weighted by Gasteiger charge is 2.35. The number of hydrogen-bond donors (Lipinski definition) is 2. The molecular formula is C15H21FN2O2. The van der Waals surface area contributed by atoms with Crippen LogP contribution in [0.15, 0.2) is 18.2 Å². The average Bonchev–Trinajstić information content (AvgIpc) is 2.87. The van der Waals surface area contributed by atoms with E-state index < -0.39 is 11.8 Å². The summed E-state index contributed by atoms with van der Waals surface area (Å²) in [4.78, 5) is 13.4. The molecule has 1 aliphatic carbocycles. The van der Waals surface area contributed by atoms with Gasteiger partial charge >= 0.3 is 5.97 Å². The van der Waals surface area contributed by atoms with Crippen molar-refractivity contribution in [2.45, 2.75) is 31.2 Å². The molecule has 0 amide bonds. The lowest BCUT2D eigenvalue weighted by Gasteiger charge is -2.37. The van der Waals surface area contributed by atoms with Crippen LogP contribution in [0.4, 0.5) is 10.1 Å². The summed E-state index contributed by atoms with van der Waals surface area (Å²) in [6.07, 6.45) is 4.57. The molecule has 1 aromatic carbocycles. The third-order valence-electron chi connectivity index (χ3n) is 4.30. The number of carboxylic acid groups (broad SMARTS) is 1. The smallest absolute Gasteiger partial charge is 0.337 e. The lowest BCUT2D eigenvalue weighted by molar-refractivity contribution is 0.0697. The SMILES string of the molecule is CN(C)C1(CNc2ccc(F)cc2C(=O)O)CCCC1. The van der Waals surface area contributed by atoms with Gasteiger partial charge in [0.1, 0.15) is 5.82 Å². The minimum atomic E-state index is -1.11. The third-order valence-corrected chi connectivity index (χ3v) is 4.30. The molecule has 0 radical (unpaired) electrons. The first-order valence-electron chi connectivity index (χ1n) is 6.89. The zero-order chi connectivity index (χ0) is 14.8. The van der Waals surface area contributed by atoms with E-state index in [0.717, 1.165) is 18.9 Å². The molecule has 1 saturated carbocycles. The molecule has 0 atom stereocenters. The quantitative estimate of drug-likeness (QED) is 0.871. The fourth-order valence-electron chi connectivity index (χ4n) is 2.92. The van der Waals surface area contributed by atoms with Crippen molar-refractivity contribution in [1.29, 1.82) is 0 Å². The van der Waals surface area contributed by atoms with Gasteiger partial charge in [-0.15, -0.1) is 0 Å². The molecule has 1 aromatic rings. The Morgan fingerprint density at radius 2 is 2.05 bits per heavy atom. The molecule has 4 nitrogen and oxygen atoms in total. The highest BCUT2D eigenvalue weighted by atomic mass is 19.1. The summed E-state index contributed by atoms with van der Waals surface area (Å²) in [6, 6.07) is 3.84. The molecule has 0 aromatic heterocycles. The van der Waals surface area contributed by atoms with Crippen LogP contribution >= 0.6 is 0 Å². The van der Waals surface area contributed by atoms with Gasteiger partial charge in [0.05, 0.1) is 5.56 Å². The highest BCUT2D eigenvalue weighted by molar-refractivity contribution is 5.94. The third kappa shape index (κ3) is 2.93. The Morgan fingerprint density at radius 1 is 1.40 bits per heavy atom. The fraction of sp³-hybridized carbons (Fsp3) is 0.533. The van der Waals surface area contributed by atoms with E-state index in [-0.39, 0.29) is 11.1 Å². The second-order valence-electron chi connectivity index (χ2n) is 5.67. The summed E-state index contributed by atoms with van der Waals surface area (Å²) in [7, 11) is 4.10. The average molecular weight is 280 g/mol. The van der Waals surface area contributed by atoms with E-state index >= 15 is 0 Å². The molecule has 0 aliphatic heterocycles. The van der Waals surface area contributed by atoms with Gasteiger partial charge in [0.15, 0.2) is 0 Å². The van der Waals surface area contributed by atoms with Gasteiger partial charge < -0.3 is 15.3 Å². The minimum absolute atomic E-state index is 0.0168. The summed E-state index contributed by atoms with van der Waals surface area (Å²) in [5.41, 5.74) is 0.522. The van der Waals surface area contributed by atoms with Crippen molar-refractivity contribution in [3.8, 4) is 0 Å². The number of nitrogens with zero attached hydrogens (tertiary/aromatic N) is 1. The standard InChI is InChI=1S/C15H21FN2O2/c1-18(2)15(7-3-4-8-15)10-17-13-6-5-11(16)9-12(13)14(19)20/h5-6,9,17H,3-4,7-8,10H2,1-2H3,(H,19,20). The predicted octanol–water partition coefficient (Wildman–Crippen LogP) is 2.81. The number of carbonyl (C=O) groups is 1. The number of likely N-dealkylation sites (N-methyl/N-ethyl adjacent to an activating group) is 1. The monoisotopic (exact) mass is 280 g/mol. The Balaban J connectivity index is 2.16. The second-order valence-corrected chi connectivity index (χ2v) is 5.67. The van der Waals surface area contributed by atoms with Gasteiger partial charge in [-0.05, 0) is 45.1 Å². The molecule has 0 unspecified atom stereocenters. The van der Waals surface area contributed by atoms with Crippen molar-refractivity contribution < 1.29 is 14.3 Å². The normalized spacial score (nSPS) is 17.4. The van der Waals surface area contributed by atoms with Crippen molar-refractivity contribution in [2.75, 3.05) is 26.0 Å². The van der Waals surface area contributed by atoms with E-state index in [1.54, 1.807) is 0 Å². The maximum atomic E-state index is 13.2. The Morgan fingerprint density at radius 3 is 2.60 bits per heavy atom. The van der Waals surface area contributed by atoms with E-state index in [1.165, 1.54) is 25.0 Å². The van der Waals surface area contributed by atoms with Crippen LogP contribution in [-0.4, -0.2) is 42.2 Å². The van der Waals surface area contributed by atoms with Crippen LogP contribution in [0.5, 0.6) is 0 Å². The molecule has 1 aliphatic rings. The van der Waals surface area contributed by atoms with Crippen LogP contribution in [-0.2, 0) is 0 Å². The number of rotatable bonds is 5. The van der Waals surface area contributed by atoms with Crippen LogP contribution in [0.3, 0.4) is 0 Å². The molecule has 1 fully saturated rings. The molecule has 110 valence electrons. The Bertz CT molecular complexity index is 497. The number of anilines is 1. The number of nitrogens with one attached hydrogen (secondary N) is 1. The minimum Gasteiger partial charge on any atom is -0.478 e. The fourth-order valence-corrected chi connectivity index (χ4v) is 2.92. The van der Waals surface area contributed by atoms with Gasteiger partial charge in [-0.3, -0.25) is 0 Å². The maximum absolute atomic E-state index is 13.2. The Labute approximate surface area is 118 Å². The van der Waals surface area contributed by atoms with Crippen LogP contribution in [0.25, 0.3) is 0 Å². The predicted molar refractivity (Wildman–Crippen MR) is 76.7 cm³/mol. The number of halogens is 1. The highest BCUT2D eigenvalue weighted by Crippen LogP contribution is 2.34. The number of aromatic carboxylic acids is 1. The van der Waals surface area contributed by atoms with Gasteiger partial charge in [-0.25, -0.2) is 9.18 Å². The molecule has 2 N–H and O–H groups in total. The molecule has 0 saturated heterocycles. The molecule has 2 rings (SSSR count). The van der Waals surface area contributed by atoms with Gasteiger partial charge in [0.25, 0.3) is 0 Å². The topological polar surface area (TPSA) is 52.6 Å².